The van der Waals surface area contributed by atoms with Gasteiger partial charge in [0.25, 0.3) is 0 Å². The molecule has 0 amide bonds. The van der Waals surface area contributed by atoms with E-state index in [1.807, 2.05) is 6.92 Å². The molecule has 1 rings (SSSR count). The van der Waals surface area contributed by atoms with Gasteiger partial charge in [0.05, 0.1) is 5.88 Å². The largest absolute Gasteiger partial charge is 0.396 e. The molecule has 2 nitrogen and oxygen atoms in total. The first-order chi connectivity index (χ1) is 7.69. The second-order valence-electron chi connectivity index (χ2n) is 3.13. The van der Waals surface area contributed by atoms with Crippen molar-refractivity contribution in [1.82, 2.24) is 0 Å². The molecule has 88 valence electrons. The average Bonchev–Trinajstić information content (AvgIpc) is 2.26. The molecule has 16 heavy (non-hydrogen) atoms. The van der Waals surface area contributed by atoms with Crippen LogP contribution in [0.5, 0.6) is 0 Å². The van der Waals surface area contributed by atoms with Crippen LogP contribution >= 0.6 is 11.6 Å². The van der Waals surface area contributed by atoms with Crippen LogP contribution in [0.2, 0.25) is 0 Å². The molecular weight excluding hydrogens is 236 g/mol. The highest BCUT2D eigenvalue weighted by Gasteiger charge is 2.10. The van der Waals surface area contributed by atoms with Crippen molar-refractivity contribution in [1.29, 1.82) is 0 Å². The zero-order valence-corrected chi connectivity index (χ0v) is 9.60. The molecule has 0 radical (unpaired) electrons. The van der Waals surface area contributed by atoms with Gasteiger partial charge < -0.3 is 4.84 Å². The van der Waals surface area contributed by atoms with E-state index in [2.05, 4.69) is 5.16 Å². The third-order valence-electron chi connectivity index (χ3n) is 1.84. The monoisotopic (exact) mass is 247 g/mol. The first-order valence-corrected chi connectivity index (χ1v) is 5.42. The van der Waals surface area contributed by atoms with Gasteiger partial charge in [-0.15, -0.1) is 11.6 Å². The van der Waals surface area contributed by atoms with E-state index in [-0.39, 0.29) is 17.2 Å². The summed E-state index contributed by atoms with van der Waals surface area (Å²) in [7, 11) is 0. The molecule has 0 aliphatic carbocycles. The molecule has 0 fully saturated rings. The molecular formula is C11H12ClF2NO. The maximum absolute atomic E-state index is 13.4. The van der Waals surface area contributed by atoms with Crippen LogP contribution in [-0.4, -0.2) is 18.2 Å². The van der Waals surface area contributed by atoms with Gasteiger partial charge in [-0.3, -0.25) is 0 Å². The molecule has 1 aromatic rings. The van der Waals surface area contributed by atoms with Crippen molar-refractivity contribution in [2.45, 2.75) is 13.3 Å². The van der Waals surface area contributed by atoms with Gasteiger partial charge in [0, 0.05) is 11.6 Å². The Hall–Kier alpha value is -1.16. The molecule has 1 aromatic carbocycles. The summed E-state index contributed by atoms with van der Waals surface area (Å²) in [5, 5.41) is 3.71. The summed E-state index contributed by atoms with van der Waals surface area (Å²) in [6, 6.07) is 3.23. The topological polar surface area (TPSA) is 21.6 Å². The van der Waals surface area contributed by atoms with E-state index in [1.165, 1.54) is 6.07 Å². The number of rotatable bonds is 5. The van der Waals surface area contributed by atoms with Gasteiger partial charge in [-0.05, 0) is 18.6 Å². The van der Waals surface area contributed by atoms with Crippen molar-refractivity contribution in [3.8, 4) is 0 Å². The normalized spacial score (nSPS) is 11.6. The highest BCUT2D eigenvalue weighted by Crippen LogP contribution is 2.12. The Labute approximate surface area is 97.9 Å². The predicted molar refractivity (Wildman–Crippen MR) is 59.9 cm³/mol. The van der Waals surface area contributed by atoms with Gasteiger partial charge in [-0.1, -0.05) is 12.1 Å². The van der Waals surface area contributed by atoms with Crippen molar-refractivity contribution >= 4 is 17.3 Å². The van der Waals surface area contributed by atoms with Crippen molar-refractivity contribution < 1.29 is 13.6 Å². The number of halogens is 3. The van der Waals surface area contributed by atoms with Gasteiger partial charge in [-0.25, -0.2) is 8.78 Å². The molecule has 0 saturated heterocycles. The van der Waals surface area contributed by atoms with Crippen LogP contribution in [0.25, 0.3) is 0 Å². The highest BCUT2D eigenvalue weighted by molar-refractivity contribution is 6.31. The van der Waals surface area contributed by atoms with Crippen LogP contribution in [0, 0.1) is 11.6 Å². The molecule has 0 bridgehead atoms. The van der Waals surface area contributed by atoms with Gasteiger partial charge in [0.15, 0.2) is 0 Å². The standard InChI is InChI=1S/C11H12ClF2NO/c1-2-5-16-15-11(7-12)9-4-3-8(13)6-10(9)14/h3-4,6H,2,5,7H2,1H3. The minimum absolute atomic E-state index is 0.00622. The van der Waals surface area contributed by atoms with Crippen molar-refractivity contribution in [2.75, 3.05) is 12.5 Å². The van der Waals surface area contributed by atoms with Crippen molar-refractivity contribution in [3.05, 3.63) is 35.4 Å². The summed E-state index contributed by atoms with van der Waals surface area (Å²) in [6.07, 6.45) is 0.797. The number of benzene rings is 1. The number of oxime groups is 1. The van der Waals surface area contributed by atoms with Crippen LogP contribution in [0.1, 0.15) is 18.9 Å². The van der Waals surface area contributed by atoms with Gasteiger partial charge >= 0.3 is 0 Å². The SMILES string of the molecule is CCCON=C(CCl)c1ccc(F)cc1F. The average molecular weight is 248 g/mol. The Balaban J connectivity index is 2.90. The number of hydrogen-bond donors (Lipinski definition) is 0. The number of nitrogens with zero attached hydrogens (tertiary/aromatic N) is 1. The van der Waals surface area contributed by atoms with Crippen molar-refractivity contribution in [3.63, 3.8) is 0 Å². The number of hydrogen-bond acceptors (Lipinski definition) is 2. The van der Waals surface area contributed by atoms with E-state index in [4.69, 9.17) is 16.4 Å². The third kappa shape index (κ3) is 3.45. The Kier molecular flexibility index (Phi) is 5.19. The van der Waals surface area contributed by atoms with Crippen LogP contribution < -0.4 is 0 Å². The third-order valence-corrected chi connectivity index (χ3v) is 2.09. The quantitative estimate of drug-likeness (QED) is 0.338. The lowest BCUT2D eigenvalue weighted by Crippen LogP contribution is -2.07. The Morgan fingerprint density at radius 3 is 2.75 bits per heavy atom. The van der Waals surface area contributed by atoms with E-state index in [0.29, 0.717) is 6.61 Å². The second kappa shape index (κ2) is 6.43. The molecule has 0 spiro atoms. The molecule has 0 aromatic heterocycles. The molecule has 0 aliphatic heterocycles. The van der Waals surface area contributed by atoms with Crippen LogP contribution in [-0.2, 0) is 4.84 Å². The first kappa shape index (κ1) is 12.9. The zero-order valence-electron chi connectivity index (χ0n) is 8.84. The second-order valence-corrected chi connectivity index (χ2v) is 3.40. The predicted octanol–water partition coefficient (Wildman–Crippen LogP) is 3.33. The van der Waals surface area contributed by atoms with Gasteiger partial charge in [-0.2, -0.15) is 0 Å². The lowest BCUT2D eigenvalue weighted by atomic mass is 10.1. The lowest BCUT2D eigenvalue weighted by molar-refractivity contribution is 0.145. The smallest absolute Gasteiger partial charge is 0.135 e. The highest BCUT2D eigenvalue weighted by atomic mass is 35.5. The molecule has 0 N–H and O–H groups in total. The van der Waals surface area contributed by atoms with E-state index in [1.54, 1.807) is 0 Å². The Morgan fingerprint density at radius 1 is 1.44 bits per heavy atom. The summed E-state index contributed by atoms with van der Waals surface area (Å²) in [5.74, 6) is -1.32. The lowest BCUT2D eigenvalue weighted by Gasteiger charge is -2.04. The summed E-state index contributed by atoms with van der Waals surface area (Å²) in [6.45, 7) is 2.36. The maximum Gasteiger partial charge on any atom is 0.135 e. The maximum atomic E-state index is 13.4. The van der Waals surface area contributed by atoms with Gasteiger partial charge in [0.2, 0.25) is 0 Å². The van der Waals surface area contributed by atoms with E-state index in [9.17, 15) is 8.78 Å². The molecule has 0 heterocycles. The fourth-order valence-electron chi connectivity index (χ4n) is 1.08. The molecule has 0 saturated carbocycles. The van der Waals surface area contributed by atoms with Crippen molar-refractivity contribution in [2.24, 2.45) is 5.16 Å². The van der Waals surface area contributed by atoms with E-state index < -0.39 is 11.6 Å². The summed E-state index contributed by atoms with van der Waals surface area (Å²) < 4.78 is 26.0. The first-order valence-electron chi connectivity index (χ1n) is 4.89. The minimum Gasteiger partial charge on any atom is -0.396 e. The Morgan fingerprint density at radius 2 is 2.19 bits per heavy atom. The van der Waals surface area contributed by atoms with E-state index >= 15 is 0 Å². The summed E-state index contributed by atoms with van der Waals surface area (Å²) >= 11 is 5.62. The molecule has 5 heteroatoms. The van der Waals surface area contributed by atoms with E-state index in [0.717, 1.165) is 18.6 Å². The molecule has 0 atom stereocenters. The molecule has 0 unspecified atom stereocenters. The van der Waals surface area contributed by atoms with Crippen LogP contribution in [0.3, 0.4) is 0 Å². The summed E-state index contributed by atoms with van der Waals surface area (Å²) in [4.78, 5) is 4.92. The molecule has 0 aliphatic rings. The summed E-state index contributed by atoms with van der Waals surface area (Å²) in [5.41, 5.74) is 0.417. The Bertz CT molecular complexity index is 382. The zero-order chi connectivity index (χ0) is 12.0. The fourth-order valence-corrected chi connectivity index (χ4v) is 1.28. The number of alkyl halides is 1. The minimum atomic E-state index is -0.695. The van der Waals surface area contributed by atoms with Crippen LogP contribution in [0.15, 0.2) is 23.4 Å². The van der Waals surface area contributed by atoms with Gasteiger partial charge in [0.1, 0.15) is 24.0 Å². The fraction of sp³-hybridized carbons (Fsp3) is 0.364. The van der Waals surface area contributed by atoms with Crippen LogP contribution in [0.4, 0.5) is 8.78 Å².